The quantitative estimate of drug-likeness (QED) is 0.735. The summed E-state index contributed by atoms with van der Waals surface area (Å²) in [5.41, 5.74) is 0.839. The Morgan fingerprint density at radius 3 is 2.71 bits per heavy atom. The van der Waals surface area contributed by atoms with E-state index in [4.69, 9.17) is 0 Å². The molecule has 0 aliphatic rings. The standard InChI is InChI=1S/C15H18N6O2S/c1-12(2)20-10-15(17-11-20)24(22,23)19-14-6-8-21(18-14)9-13-5-3-4-7-16-13/h3-8,10-12H,9H2,1-2H3,(H,18,19). The van der Waals surface area contributed by atoms with Crippen LogP contribution in [0.25, 0.3) is 0 Å². The van der Waals surface area contributed by atoms with E-state index in [0.717, 1.165) is 5.69 Å². The molecule has 24 heavy (non-hydrogen) atoms. The average molecular weight is 346 g/mol. The number of nitrogens with zero attached hydrogens (tertiary/aromatic N) is 5. The van der Waals surface area contributed by atoms with Gasteiger partial charge in [-0.05, 0) is 26.0 Å². The molecule has 0 saturated heterocycles. The summed E-state index contributed by atoms with van der Waals surface area (Å²) in [5.74, 6) is 0.241. The Labute approximate surface area is 140 Å². The molecule has 0 saturated carbocycles. The zero-order valence-corrected chi connectivity index (χ0v) is 14.2. The average Bonchev–Trinajstić information content (AvgIpc) is 3.18. The molecule has 3 aromatic rings. The van der Waals surface area contributed by atoms with Crippen molar-refractivity contribution in [1.82, 2.24) is 24.3 Å². The van der Waals surface area contributed by atoms with Gasteiger partial charge >= 0.3 is 0 Å². The lowest BCUT2D eigenvalue weighted by atomic mass is 10.3. The van der Waals surface area contributed by atoms with Gasteiger partial charge in [0.05, 0.1) is 18.6 Å². The van der Waals surface area contributed by atoms with E-state index in [0.29, 0.717) is 6.54 Å². The Kier molecular flexibility index (Phi) is 4.34. The fraction of sp³-hybridized carbons (Fsp3) is 0.267. The topological polar surface area (TPSA) is 94.7 Å². The second-order valence-electron chi connectivity index (χ2n) is 5.58. The molecule has 0 atom stereocenters. The fourth-order valence-electron chi connectivity index (χ4n) is 2.09. The molecule has 9 heteroatoms. The Bertz CT molecular complexity index is 914. The van der Waals surface area contributed by atoms with E-state index in [1.165, 1.54) is 12.5 Å². The second-order valence-corrected chi connectivity index (χ2v) is 7.21. The van der Waals surface area contributed by atoms with Gasteiger partial charge in [0.1, 0.15) is 0 Å². The Balaban J connectivity index is 1.73. The predicted octanol–water partition coefficient (Wildman–Crippen LogP) is 1.90. The van der Waals surface area contributed by atoms with E-state index >= 15 is 0 Å². The summed E-state index contributed by atoms with van der Waals surface area (Å²) in [6.07, 6.45) is 6.39. The van der Waals surface area contributed by atoms with Crippen molar-refractivity contribution < 1.29 is 8.42 Å². The van der Waals surface area contributed by atoms with Crippen LogP contribution in [-0.2, 0) is 16.6 Å². The van der Waals surface area contributed by atoms with Crippen LogP contribution in [0.1, 0.15) is 25.6 Å². The first-order valence-corrected chi connectivity index (χ1v) is 8.92. The van der Waals surface area contributed by atoms with Crippen LogP contribution >= 0.6 is 0 Å². The molecule has 0 aromatic carbocycles. The Morgan fingerprint density at radius 1 is 1.21 bits per heavy atom. The number of rotatable bonds is 6. The van der Waals surface area contributed by atoms with Crippen LogP contribution in [0.2, 0.25) is 0 Å². The number of sulfonamides is 1. The lowest BCUT2D eigenvalue weighted by Gasteiger charge is -2.05. The van der Waals surface area contributed by atoms with Crippen molar-refractivity contribution in [3.05, 3.63) is 54.9 Å². The molecule has 0 bridgehead atoms. The highest BCUT2D eigenvalue weighted by molar-refractivity contribution is 7.92. The third-order valence-electron chi connectivity index (χ3n) is 3.38. The smallest absolute Gasteiger partial charge is 0.282 e. The van der Waals surface area contributed by atoms with Gasteiger partial charge in [-0.2, -0.15) is 13.5 Å². The van der Waals surface area contributed by atoms with Crippen molar-refractivity contribution in [2.24, 2.45) is 0 Å². The Hall–Kier alpha value is -2.68. The molecule has 3 heterocycles. The summed E-state index contributed by atoms with van der Waals surface area (Å²) in [5, 5.41) is 4.18. The predicted molar refractivity (Wildman–Crippen MR) is 89.0 cm³/mol. The third kappa shape index (κ3) is 3.62. The van der Waals surface area contributed by atoms with Gasteiger partial charge in [0.25, 0.3) is 10.0 Å². The summed E-state index contributed by atoms with van der Waals surface area (Å²) in [6, 6.07) is 7.34. The molecule has 8 nitrogen and oxygen atoms in total. The van der Waals surface area contributed by atoms with Crippen molar-refractivity contribution in [2.75, 3.05) is 4.72 Å². The monoisotopic (exact) mass is 346 g/mol. The van der Waals surface area contributed by atoms with E-state index in [1.54, 1.807) is 27.7 Å². The van der Waals surface area contributed by atoms with Crippen LogP contribution in [0.15, 0.2) is 54.2 Å². The van der Waals surface area contributed by atoms with Crippen LogP contribution in [0, 0.1) is 0 Å². The van der Waals surface area contributed by atoms with E-state index < -0.39 is 10.0 Å². The molecule has 3 rings (SSSR count). The van der Waals surface area contributed by atoms with Crippen molar-refractivity contribution >= 4 is 15.8 Å². The van der Waals surface area contributed by atoms with E-state index in [2.05, 4.69) is 19.8 Å². The molecule has 0 aliphatic heterocycles. The number of hydrogen-bond donors (Lipinski definition) is 1. The zero-order chi connectivity index (χ0) is 17.2. The molecule has 0 amide bonds. The van der Waals surface area contributed by atoms with Crippen LogP contribution in [0.3, 0.4) is 0 Å². The van der Waals surface area contributed by atoms with Gasteiger partial charge in [-0.3, -0.25) is 14.4 Å². The summed E-state index contributed by atoms with van der Waals surface area (Å²) >= 11 is 0. The van der Waals surface area contributed by atoms with Crippen molar-refractivity contribution in [3.8, 4) is 0 Å². The highest BCUT2D eigenvalue weighted by atomic mass is 32.2. The molecule has 0 radical (unpaired) electrons. The van der Waals surface area contributed by atoms with E-state index in [1.807, 2.05) is 32.0 Å². The maximum absolute atomic E-state index is 12.4. The van der Waals surface area contributed by atoms with Gasteiger partial charge in [-0.1, -0.05) is 6.07 Å². The maximum Gasteiger partial charge on any atom is 0.282 e. The molecular weight excluding hydrogens is 328 g/mol. The minimum atomic E-state index is -3.76. The highest BCUT2D eigenvalue weighted by Crippen LogP contribution is 2.14. The molecule has 0 spiro atoms. The van der Waals surface area contributed by atoms with Gasteiger partial charge < -0.3 is 4.57 Å². The molecular formula is C15H18N6O2S. The summed E-state index contributed by atoms with van der Waals surface area (Å²) in [7, 11) is -3.76. The van der Waals surface area contributed by atoms with Crippen molar-refractivity contribution in [2.45, 2.75) is 31.5 Å². The number of imidazole rings is 1. The first-order valence-electron chi connectivity index (χ1n) is 7.44. The van der Waals surface area contributed by atoms with E-state index in [-0.39, 0.29) is 16.9 Å². The minimum absolute atomic E-state index is 0.0320. The molecule has 0 aliphatic carbocycles. The van der Waals surface area contributed by atoms with E-state index in [9.17, 15) is 8.42 Å². The Morgan fingerprint density at radius 2 is 2.04 bits per heavy atom. The molecule has 126 valence electrons. The summed E-state index contributed by atoms with van der Waals surface area (Å²) < 4.78 is 30.5. The van der Waals surface area contributed by atoms with Crippen molar-refractivity contribution in [1.29, 1.82) is 0 Å². The number of aromatic nitrogens is 5. The largest absolute Gasteiger partial charge is 0.334 e. The second kappa shape index (κ2) is 6.44. The number of pyridine rings is 1. The van der Waals surface area contributed by atoms with Gasteiger partial charge in [-0.15, -0.1) is 0 Å². The molecule has 1 N–H and O–H groups in total. The maximum atomic E-state index is 12.4. The molecule has 3 aromatic heterocycles. The van der Waals surface area contributed by atoms with Gasteiger partial charge in [-0.25, -0.2) is 4.98 Å². The van der Waals surface area contributed by atoms with Gasteiger partial charge in [0, 0.05) is 30.7 Å². The highest BCUT2D eigenvalue weighted by Gasteiger charge is 2.19. The zero-order valence-electron chi connectivity index (χ0n) is 13.4. The lowest BCUT2D eigenvalue weighted by Crippen LogP contribution is -2.14. The van der Waals surface area contributed by atoms with Crippen molar-refractivity contribution in [3.63, 3.8) is 0 Å². The van der Waals surface area contributed by atoms with Crippen LogP contribution in [0.5, 0.6) is 0 Å². The lowest BCUT2D eigenvalue weighted by molar-refractivity contribution is 0.591. The van der Waals surface area contributed by atoms with Crippen LogP contribution in [0.4, 0.5) is 5.82 Å². The number of nitrogens with one attached hydrogen (secondary N) is 1. The van der Waals surface area contributed by atoms with Gasteiger partial charge in [0.15, 0.2) is 10.8 Å². The normalized spacial score (nSPS) is 11.8. The molecule has 0 unspecified atom stereocenters. The molecule has 0 fully saturated rings. The SMILES string of the molecule is CC(C)n1cnc(S(=O)(=O)Nc2ccn(Cc3ccccn3)n2)c1. The first kappa shape index (κ1) is 16.2. The summed E-state index contributed by atoms with van der Waals surface area (Å²) in [4.78, 5) is 8.16. The number of anilines is 1. The van der Waals surface area contributed by atoms with Gasteiger partial charge in [0.2, 0.25) is 0 Å². The minimum Gasteiger partial charge on any atom is -0.334 e. The summed E-state index contributed by atoms with van der Waals surface area (Å²) in [6.45, 7) is 4.36. The third-order valence-corrected chi connectivity index (χ3v) is 4.62. The van der Waals surface area contributed by atoms with Crippen LogP contribution in [-0.4, -0.2) is 32.7 Å². The first-order chi connectivity index (χ1) is 11.4. The number of hydrogen-bond acceptors (Lipinski definition) is 5. The fourth-order valence-corrected chi connectivity index (χ4v) is 3.03. The van der Waals surface area contributed by atoms with Crippen LogP contribution < -0.4 is 4.72 Å².